The van der Waals surface area contributed by atoms with Crippen molar-refractivity contribution < 1.29 is 9.59 Å². The third kappa shape index (κ3) is 5.07. The van der Waals surface area contributed by atoms with Gasteiger partial charge in [-0.1, -0.05) is 47.5 Å². The third-order valence-corrected chi connectivity index (χ3v) is 5.77. The van der Waals surface area contributed by atoms with Gasteiger partial charge in [-0.15, -0.1) is 0 Å². The molecule has 0 saturated heterocycles. The fourth-order valence-electron chi connectivity index (χ4n) is 4.14. The number of aryl methyl sites for hydroxylation is 5. The second kappa shape index (κ2) is 9.39. The minimum atomic E-state index is -0.373. The van der Waals surface area contributed by atoms with Crippen molar-refractivity contribution in [1.29, 1.82) is 0 Å². The Kier molecular flexibility index (Phi) is 6.82. The first kappa shape index (κ1) is 23.3. The third-order valence-electron chi connectivity index (χ3n) is 5.77. The number of benzene rings is 2. The summed E-state index contributed by atoms with van der Waals surface area (Å²) in [6.07, 6.45) is 1.58. The Morgan fingerprint density at radius 1 is 0.812 bits per heavy atom. The average molecular weight is 433 g/mol. The van der Waals surface area contributed by atoms with E-state index in [1.807, 2.05) is 65.8 Å². The van der Waals surface area contributed by atoms with E-state index in [1.165, 1.54) is 15.8 Å². The molecule has 2 N–H and O–H groups in total. The minimum Gasteiger partial charge on any atom is -0.345 e. The molecule has 0 spiro atoms. The first-order valence-corrected chi connectivity index (χ1v) is 10.9. The van der Waals surface area contributed by atoms with E-state index in [0.29, 0.717) is 0 Å². The highest BCUT2D eigenvalue weighted by atomic mass is 16.2. The molecule has 0 aliphatic rings. The lowest BCUT2D eigenvalue weighted by molar-refractivity contribution is 0.0902. The molecule has 0 saturated carbocycles. The van der Waals surface area contributed by atoms with E-state index < -0.39 is 0 Å². The van der Waals surface area contributed by atoms with E-state index >= 15 is 0 Å². The van der Waals surface area contributed by atoms with Crippen molar-refractivity contribution in [2.24, 2.45) is 7.05 Å². The summed E-state index contributed by atoms with van der Waals surface area (Å²) in [6, 6.07) is 11.9. The molecule has 0 radical (unpaired) electrons. The number of nitrogens with one attached hydrogen (secondary N) is 2. The van der Waals surface area contributed by atoms with Crippen LogP contribution in [0.5, 0.6) is 0 Å². The molecule has 32 heavy (non-hydrogen) atoms. The zero-order valence-corrected chi connectivity index (χ0v) is 19.9. The number of hydrogen-bond acceptors (Lipinski definition) is 3. The van der Waals surface area contributed by atoms with Crippen molar-refractivity contribution >= 4 is 11.8 Å². The predicted molar refractivity (Wildman–Crippen MR) is 127 cm³/mol. The van der Waals surface area contributed by atoms with Crippen LogP contribution in [0, 0.1) is 27.7 Å². The second-order valence-electron chi connectivity index (χ2n) is 8.68. The molecule has 168 valence electrons. The fraction of sp³-hybridized carbons (Fsp3) is 0.346. The topological polar surface area (TPSA) is 76.0 Å². The van der Waals surface area contributed by atoms with Crippen LogP contribution in [0.4, 0.5) is 0 Å². The molecule has 3 aromatic rings. The van der Waals surface area contributed by atoms with Crippen molar-refractivity contribution in [3.8, 4) is 0 Å². The molecule has 1 heterocycles. The molecule has 3 rings (SSSR count). The zero-order chi connectivity index (χ0) is 23.6. The number of amides is 2. The lowest BCUT2D eigenvalue weighted by atomic mass is 9.99. The maximum Gasteiger partial charge on any atom is 0.273 e. The minimum absolute atomic E-state index is 0.120. The summed E-state index contributed by atoms with van der Waals surface area (Å²) in [6.45, 7) is 12.0. The SMILES string of the molecule is Cc1ccc(C(C)NC(=O)c2cn(C)nc2C(=O)NC(C)c2ccc(C)cc2C)c(C)c1. The molecular formula is C26H32N4O2. The lowest BCUT2D eigenvalue weighted by Crippen LogP contribution is -2.32. The molecule has 2 unspecified atom stereocenters. The molecule has 0 fully saturated rings. The van der Waals surface area contributed by atoms with Gasteiger partial charge in [0, 0.05) is 13.2 Å². The van der Waals surface area contributed by atoms with Gasteiger partial charge in [0.05, 0.1) is 17.6 Å². The van der Waals surface area contributed by atoms with Crippen molar-refractivity contribution in [3.05, 3.63) is 87.2 Å². The number of aromatic nitrogens is 2. The van der Waals surface area contributed by atoms with Gasteiger partial charge >= 0.3 is 0 Å². The number of carbonyl (C=O) groups excluding carboxylic acids is 2. The van der Waals surface area contributed by atoms with Gasteiger partial charge in [-0.2, -0.15) is 5.10 Å². The Labute approximate surface area is 190 Å². The molecule has 0 bridgehead atoms. The van der Waals surface area contributed by atoms with Gasteiger partial charge in [-0.05, 0) is 63.8 Å². The summed E-state index contributed by atoms with van der Waals surface area (Å²) in [5.74, 6) is -0.697. The molecule has 2 amide bonds. The van der Waals surface area contributed by atoms with Crippen molar-refractivity contribution in [2.45, 2.75) is 53.6 Å². The van der Waals surface area contributed by atoms with Crippen molar-refractivity contribution in [3.63, 3.8) is 0 Å². The van der Waals surface area contributed by atoms with Crippen LogP contribution in [0.2, 0.25) is 0 Å². The van der Waals surface area contributed by atoms with Gasteiger partial charge < -0.3 is 10.6 Å². The van der Waals surface area contributed by atoms with Gasteiger partial charge in [0.2, 0.25) is 0 Å². The van der Waals surface area contributed by atoms with E-state index in [9.17, 15) is 9.59 Å². The largest absolute Gasteiger partial charge is 0.345 e. The summed E-state index contributed by atoms with van der Waals surface area (Å²) in [5, 5.41) is 10.3. The van der Waals surface area contributed by atoms with Gasteiger partial charge in [-0.25, -0.2) is 0 Å². The van der Waals surface area contributed by atoms with Gasteiger partial charge in [0.15, 0.2) is 5.69 Å². The van der Waals surface area contributed by atoms with Crippen LogP contribution in [0.15, 0.2) is 42.6 Å². The molecule has 2 atom stereocenters. The van der Waals surface area contributed by atoms with Crippen LogP contribution < -0.4 is 10.6 Å². The quantitative estimate of drug-likeness (QED) is 0.596. The Balaban J connectivity index is 1.78. The van der Waals surface area contributed by atoms with E-state index in [2.05, 4.69) is 27.9 Å². The highest BCUT2D eigenvalue weighted by molar-refractivity contribution is 6.06. The molecule has 1 aromatic heterocycles. The Bertz CT molecular complexity index is 1070. The highest BCUT2D eigenvalue weighted by Gasteiger charge is 2.24. The molecule has 2 aromatic carbocycles. The Hall–Kier alpha value is -3.41. The molecular weight excluding hydrogens is 400 g/mol. The van der Waals surface area contributed by atoms with Crippen LogP contribution in [0.25, 0.3) is 0 Å². The van der Waals surface area contributed by atoms with Crippen LogP contribution >= 0.6 is 0 Å². The summed E-state index contributed by atoms with van der Waals surface area (Å²) >= 11 is 0. The first-order valence-electron chi connectivity index (χ1n) is 10.9. The normalized spacial score (nSPS) is 12.8. The van der Waals surface area contributed by atoms with Crippen LogP contribution in [-0.2, 0) is 7.05 Å². The number of carbonyl (C=O) groups is 2. The zero-order valence-electron chi connectivity index (χ0n) is 19.9. The standard InChI is InChI=1S/C26H32N4O2/c1-15-8-10-21(17(3)12-15)19(5)27-25(31)23-14-30(7)29-24(23)26(32)28-20(6)22-11-9-16(2)13-18(22)4/h8-14,19-20H,1-7H3,(H,27,31)(H,28,32). The smallest absolute Gasteiger partial charge is 0.273 e. The first-order chi connectivity index (χ1) is 15.1. The van der Waals surface area contributed by atoms with E-state index in [0.717, 1.165) is 22.3 Å². The Morgan fingerprint density at radius 3 is 1.75 bits per heavy atom. The molecule has 6 heteroatoms. The highest BCUT2D eigenvalue weighted by Crippen LogP contribution is 2.21. The number of hydrogen-bond donors (Lipinski definition) is 2. The monoisotopic (exact) mass is 432 g/mol. The van der Waals surface area contributed by atoms with Crippen molar-refractivity contribution in [2.75, 3.05) is 0 Å². The fourth-order valence-corrected chi connectivity index (χ4v) is 4.14. The van der Waals surface area contributed by atoms with Crippen LogP contribution in [0.1, 0.15) is 80.2 Å². The maximum atomic E-state index is 13.0. The summed E-state index contributed by atoms with van der Waals surface area (Å²) in [5.41, 5.74) is 7.03. The molecule has 6 nitrogen and oxygen atoms in total. The summed E-state index contributed by atoms with van der Waals surface area (Å²) in [7, 11) is 1.70. The van der Waals surface area contributed by atoms with Crippen molar-refractivity contribution in [1.82, 2.24) is 20.4 Å². The van der Waals surface area contributed by atoms with Gasteiger partial charge in [-0.3, -0.25) is 14.3 Å². The van der Waals surface area contributed by atoms with Gasteiger partial charge in [0.25, 0.3) is 11.8 Å². The van der Waals surface area contributed by atoms with E-state index in [1.54, 1.807) is 13.2 Å². The lowest BCUT2D eigenvalue weighted by Gasteiger charge is -2.18. The van der Waals surface area contributed by atoms with Gasteiger partial charge in [0.1, 0.15) is 0 Å². The maximum absolute atomic E-state index is 13.0. The predicted octanol–water partition coefficient (Wildman–Crippen LogP) is 4.64. The molecule has 0 aliphatic carbocycles. The van der Waals surface area contributed by atoms with E-state index in [4.69, 9.17) is 0 Å². The summed E-state index contributed by atoms with van der Waals surface area (Å²) in [4.78, 5) is 26.1. The second-order valence-corrected chi connectivity index (χ2v) is 8.68. The van der Waals surface area contributed by atoms with Crippen LogP contribution in [0.3, 0.4) is 0 Å². The number of nitrogens with zero attached hydrogens (tertiary/aromatic N) is 2. The Morgan fingerprint density at radius 2 is 1.28 bits per heavy atom. The van der Waals surface area contributed by atoms with Crippen LogP contribution in [-0.4, -0.2) is 21.6 Å². The average Bonchev–Trinajstić information content (AvgIpc) is 3.09. The number of rotatable bonds is 6. The summed E-state index contributed by atoms with van der Waals surface area (Å²) < 4.78 is 1.49. The van der Waals surface area contributed by atoms with E-state index in [-0.39, 0.29) is 35.2 Å². The molecule has 0 aliphatic heterocycles.